The zero-order chi connectivity index (χ0) is 14.5. The van der Waals surface area contributed by atoms with Crippen molar-refractivity contribution < 1.29 is 13.5 Å². The lowest BCUT2D eigenvalue weighted by Gasteiger charge is -2.11. The Balaban J connectivity index is 3.07. The first-order chi connectivity index (χ1) is 8.84. The van der Waals surface area contributed by atoms with Crippen molar-refractivity contribution in [2.45, 2.75) is 13.8 Å². The van der Waals surface area contributed by atoms with Crippen molar-refractivity contribution in [1.82, 2.24) is 0 Å². The summed E-state index contributed by atoms with van der Waals surface area (Å²) < 4.78 is 26.2. The van der Waals surface area contributed by atoms with Crippen LogP contribution in [0.4, 0.5) is 5.69 Å². The fourth-order valence-electron chi connectivity index (χ4n) is 1.49. The van der Waals surface area contributed by atoms with E-state index in [-0.39, 0.29) is 18.3 Å². The fraction of sp³-hybridized carbons (Fsp3) is 0.385. The van der Waals surface area contributed by atoms with Gasteiger partial charge in [0.15, 0.2) is 0 Å². The van der Waals surface area contributed by atoms with Crippen molar-refractivity contribution in [3.05, 3.63) is 28.8 Å². The van der Waals surface area contributed by atoms with Gasteiger partial charge in [0.05, 0.1) is 17.0 Å². The molecule has 0 aliphatic rings. The molecule has 0 aromatic heterocycles. The molecule has 0 bridgehead atoms. The van der Waals surface area contributed by atoms with Crippen LogP contribution < -0.4 is 4.72 Å². The number of halogens is 1. The zero-order valence-electron chi connectivity index (χ0n) is 10.8. The van der Waals surface area contributed by atoms with Gasteiger partial charge in [-0.25, -0.2) is 8.42 Å². The second-order valence-electron chi connectivity index (χ2n) is 4.43. The van der Waals surface area contributed by atoms with E-state index in [1.807, 2.05) is 13.8 Å². The van der Waals surface area contributed by atoms with Gasteiger partial charge in [-0.2, -0.15) is 0 Å². The summed E-state index contributed by atoms with van der Waals surface area (Å²) in [6, 6.07) is 4.69. The largest absolute Gasteiger partial charge is 0.384 e. The summed E-state index contributed by atoms with van der Waals surface area (Å²) in [7, 11) is -3.42. The summed E-state index contributed by atoms with van der Waals surface area (Å²) in [6.45, 7) is 3.35. The average molecular weight is 302 g/mol. The summed E-state index contributed by atoms with van der Waals surface area (Å²) in [6.07, 6.45) is 0. The smallest absolute Gasteiger partial charge is 0.233 e. The number of nitrogens with one attached hydrogen (secondary N) is 1. The molecule has 0 heterocycles. The Bertz CT molecular complexity index is 600. The molecule has 0 radical (unpaired) electrons. The minimum atomic E-state index is -3.42. The van der Waals surface area contributed by atoms with E-state index in [1.54, 1.807) is 18.2 Å². The maximum absolute atomic E-state index is 11.9. The van der Waals surface area contributed by atoms with Crippen molar-refractivity contribution in [2.75, 3.05) is 17.1 Å². The summed E-state index contributed by atoms with van der Waals surface area (Å²) in [5, 5.41) is 9.15. The SMILES string of the molecule is CC(C)CS(=O)(=O)Nc1ccc(Cl)cc1C#CCO. The van der Waals surface area contributed by atoms with Gasteiger partial charge in [0.2, 0.25) is 10.0 Å². The molecule has 0 amide bonds. The normalized spacial score (nSPS) is 11.0. The van der Waals surface area contributed by atoms with Gasteiger partial charge in [-0.3, -0.25) is 4.72 Å². The Morgan fingerprint density at radius 1 is 1.42 bits per heavy atom. The van der Waals surface area contributed by atoms with Gasteiger partial charge in [-0.15, -0.1) is 0 Å². The molecule has 1 aromatic rings. The quantitative estimate of drug-likeness (QED) is 0.837. The van der Waals surface area contributed by atoms with Crippen LogP contribution in [-0.4, -0.2) is 25.9 Å². The number of hydrogen-bond acceptors (Lipinski definition) is 3. The van der Waals surface area contributed by atoms with Gasteiger partial charge in [0.1, 0.15) is 6.61 Å². The first-order valence-corrected chi connectivity index (χ1v) is 7.77. The molecule has 104 valence electrons. The Labute approximate surface area is 118 Å². The molecule has 0 saturated heterocycles. The third-order valence-electron chi connectivity index (χ3n) is 2.10. The molecular weight excluding hydrogens is 286 g/mol. The number of aliphatic hydroxyl groups excluding tert-OH is 1. The van der Waals surface area contributed by atoms with Crippen LogP contribution in [0.2, 0.25) is 5.02 Å². The number of rotatable bonds is 4. The van der Waals surface area contributed by atoms with Crippen LogP contribution in [0, 0.1) is 17.8 Å². The van der Waals surface area contributed by atoms with Crippen LogP contribution in [-0.2, 0) is 10.0 Å². The van der Waals surface area contributed by atoms with Crippen molar-refractivity contribution in [3.8, 4) is 11.8 Å². The van der Waals surface area contributed by atoms with Gasteiger partial charge in [-0.1, -0.05) is 37.3 Å². The van der Waals surface area contributed by atoms with Gasteiger partial charge in [0.25, 0.3) is 0 Å². The Morgan fingerprint density at radius 2 is 2.11 bits per heavy atom. The molecular formula is C13H16ClNO3S. The van der Waals surface area contributed by atoms with Crippen LogP contribution in [0.3, 0.4) is 0 Å². The molecule has 0 saturated carbocycles. The van der Waals surface area contributed by atoms with E-state index in [1.165, 1.54) is 0 Å². The number of aliphatic hydroxyl groups is 1. The molecule has 0 spiro atoms. The van der Waals surface area contributed by atoms with Crippen LogP contribution in [0.1, 0.15) is 19.4 Å². The standard InChI is InChI=1S/C13H16ClNO3S/c1-10(2)9-19(17,18)15-13-6-5-12(14)8-11(13)4-3-7-16/h5-6,8,10,15-16H,7,9H2,1-2H3. The Kier molecular flexibility index (Phi) is 5.67. The van der Waals surface area contributed by atoms with Crippen LogP contribution in [0.25, 0.3) is 0 Å². The van der Waals surface area contributed by atoms with E-state index < -0.39 is 10.0 Å². The lowest BCUT2D eigenvalue weighted by Crippen LogP contribution is -2.20. The topological polar surface area (TPSA) is 66.4 Å². The second kappa shape index (κ2) is 6.80. The van der Waals surface area contributed by atoms with Crippen LogP contribution in [0.15, 0.2) is 18.2 Å². The Morgan fingerprint density at radius 3 is 2.68 bits per heavy atom. The van der Waals surface area contributed by atoms with E-state index in [0.29, 0.717) is 16.3 Å². The molecule has 0 atom stereocenters. The molecule has 4 nitrogen and oxygen atoms in total. The second-order valence-corrected chi connectivity index (χ2v) is 6.63. The average Bonchev–Trinajstić information content (AvgIpc) is 2.27. The Hall–Kier alpha value is -1.22. The van der Waals surface area contributed by atoms with Crippen LogP contribution >= 0.6 is 11.6 Å². The summed E-state index contributed by atoms with van der Waals surface area (Å²) >= 11 is 5.84. The molecule has 0 fully saturated rings. The minimum Gasteiger partial charge on any atom is -0.384 e. The van der Waals surface area contributed by atoms with Gasteiger partial charge in [0, 0.05) is 5.02 Å². The summed E-state index contributed by atoms with van der Waals surface area (Å²) in [5.74, 6) is 5.19. The van der Waals surface area contributed by atoms with E-state index >= 15 is 0 Å². The highest BCUT2D eigenvalue weighted by Crippen LogP contribution is 2.21. The molecule has 0 aliphatic carbocycles. The lowest BCUT2D eigenvalue weighted by molar-refractivity contribution is 0.350. The maximum atomic E-state index is 11.9. The molecule has 2 N–H and O–H groups in total. The summed E-state index contributed by atoms with van der Waals surface area (Å²) in [5.41, 5.74) is 0.805. The molecule has 0 unspecified atom stereocenters. The third-order valence-corrected chi connectivity index (χ3v) is 3.97. The van der Waals surface area contributed by atoms with Crippen molar-refractivity contribution in [3.63, 3.8) is 0 Å². The van der Waals surface area contributed by atoms with E-state index in [4.69, 9.17) is 16.7 Å². The molecule has 19 heavy (non-hydrogen) atoms. The van der Waals surface area contributed by atoms with Gasteiger partial charge >= 0.3 is 0 Å². The van der Waals surface area contributed by atoms with E-state index in [2.05, 4.69) is 16.6 Å². The molecule has 1 aromatic carbocycles. The minimum absolute atomic E-state index is 0.0248. The number of sulfonamides is 1. The summed E-state index contributed by atoms with van der Waals surface area (Å²) in [4.78, 5) is 0. The maximum Gasteiger partial charge on any atom is 0.233 e. The monoisotopic (exact) mass is 301 g/mol. The lowest BCUT2D eigenvalue weighted by atomic mass is 10.2. The fourth-order valence-corrected chi connectivity index (χ4v) is 3.14. The van der Waals surface area contributed by atoms with Gasteiger partial charge in [-0.05, 0) is 24.1 Å². The van der Waals surface area contributed by atoms with E-state index in [0.717, 1.165) is 0 Å². The van der Waals surface area contributed by atoms with Crippen molar-refractivity contribution in [2.24, 2.45) is 5.92 Å². The predicted octanol–water partition coefficient (Wildman–Crippen LogP) is 2.08. The highest BCUT2D eigenvalue weighted by molar-refractivity contribution is 7.92. The van der Waals surface area contributed by atoms with Crippen LogP contribution in [0.5, 0.6) is 0 Å². The molecule has 6 heteroatoms. The first-order valence-electron chi connectivity index (χ1n) is 5.74. The van der Waals surface area contributed by atoms with Crippen molar-refractivity contribution in [1.29, 1.82) is 0 Å². The first kappa shape index (κ1) is 15.8. The molecule has 0 aliphatic heterocycles. The zero-order valence-corrected chi connectivity index (χ0v) is 12.3. The van der Waals surface area contributed by atoms with Crippen molar-refractivity contribution >= 4 is 27.3 Å². The number of hydrogen-bond donors (Lipinski definition) is 2. The third kappa shape index (κ3) is 5.52. The van der Waals surface area contributed by atoms with Gasteiger partial charge < -0.3 is 5.11 Å². The highest BCUT2D eigenvalue weighted by atomic mass is 35.5. The molecule has 1 rings (SSSR count). The number of benzene rings is 1. The van der Waals surface area contributed by atoms with E-state index in [9.17, 15) is 8.42 Å². The predicted molar refractivity (Wildman–Crippen MR) is 77.7 cm³/mol. The highest BCUT2D eigenvalue weighted by Gasteiger charge is 2.14. The number of anilines is 1.